The fraction of sp³-hybridized carbons (Fsp3) is 0.642. The van der Waals surface area contributed by atoms with Gasteiger partial charge in [-0.3, -0.25) is 29.1 Å². The molecule has 482 valence electrons. The summed E-state index contributed by atoms with van der Waals surface area (Å²) in [5, 5.41) is 0. The first-order valence-corrected chi connectivity index (χ1v) is 31.8. The first-order chi connectivity index (χ1) is 41.5. The van der Waals surface area contributed by atoms with Crippen molar-refractivity contribution in [3.63, 3.8) is 0 Å². The average molecular weight is 1230 g/mol. The number of anilines is 3. The Morgan fingerprint density at radius 3 is 0.898 bits per heavy atom. The predicted molar refractivity (Wildman–Crippen MR) is 332 cm³/mol. The topological polar surface area (TPSA) is 159 Å². The molecule has 3 aromatic carbocycles. The average Bonchev–Trinajstić information content (AvgIpc) is 1.92. The number of piperidine rings is 3. The van der Waals surface area contributed by atoms with Crippen LogP contribution in [0.15, 0.2) is 36.4 Å². The largest absolute Gasteiger partial charge is 0.450 e. The van der Waals surface area contributed by atoms with Crippen LogP contribution < -0.4 is 14.7 Å². The van der Waals surface area contributed by atoms with Gasteiger partial charge < -0.3 is 43.6 Å². The van der Waals surface area contributed by atoms with Gasteiger partial charge in [0.25, 0.3) is 0 Å². The summed E-state index contributed by atoms with van der Waals surface area (Å²) >= 11 is 0. The SMILES string of the molecule is C.CCOC(=O)N1CCC(C)(N2CCC(N3C(=O)Cc4cc(F)c(C)cc43)CC2)C1.CCOC(=O)N1CCC(C)(N2CCC(N3C(=O)Cc4cc(F)c(C)cc43)CC2)C1.CCOC(=O)N1CCC(C)(N2CCC(N3C(=O)Cc4cc(F)c(C)cc43)CC2)C1. The number of aryl methyl sites for hydroxylation is 3. The Balaban J connectivity index is 0.000000156. The Bertz CT molecular complexity index is 2790. The molecule has 12 rings (SSSR count). The Morgan fingerprint density at radius 2 is 0.670 bits per heavy atom. The number of ether oxygens (including phenoxy) is 3. The lowest BCUT2D eigenvalue weighted by Crippen LogP contribution is -2.55. The van der Waals surface area contributed by atoms with E-state index < -0.39 is 0 Å². The summed E-state index contributed by atoms with van der Waals surface area (Å²) in [7, 11) is 0. The van der Waals surface area contributed by atoms with Crippen molar-refractivity contribution in [2.75, 3.05) is 113 Å². The summed E-state index contributed by atoms with van der Waals surface area (Å²) < 4.78 is 57.2. The summed E-state index contributed by atoms with van der Waals surface area (Å²) in [4.78, 5) is 92.7. The van der Waals surface area contributed by atoms with Crippen molar-refractivity contribution in [1.29, 1.82) is 0 Å². The number of likely N-dealkylation sites (tertiary alicyclic amines) is 6. The van der Waals surface area contributed by atoms with E-state index in [9.17, 15) is 41.9 Å². The fourth-order valence-corrected chi connectivity index (χ4v) is 15.3. The molecule has 9 aliphatic rings. The number of carbonyl (C=O) groups excluding carboxylic acids is 6. The number of hydrogen-bond donors (Lipinski definition) is 0. The number of halogens is 3. The lowest BCUT2D eigenvalue weighted by atomic mass is 9.93. The van der Waals surface area contributed by atoms with Crippen molar-refractivity contribution in [3.05, 3.63) is 87.2 Å². The lowest BCUT2D eigenvalue weighted by molar-refractivity contribution is -0.118. The summed E-state index contributed by atoms with van der Waals surface area (Å²) in [6, 6.07) is 10.4. The summed E-state index contributed by atoms with van der Waals surface area (Å²) in [6.07, 6.45) is 8.29. The molecule has 0 radical (unpaired) electrons. The Hall–Kier alpha value is -6.45. The van der Waals surface area contributed by atoms with Gasteiger partial charge in [-0.15, -0.1) is 0 Å². The monoisotopic (exact) mass is 1230 g/mol. The number of carbonyl (C=O) groups is 6. The third-order valence-corrected chi connectivity index (χ3v) is 20.4. The minimum atomic E-state index is -0.242. The predicted octanol–water partition coefficient (Wildman–Crippen LogP) is 9.96. The maximum atomic E-state index is 13.9. The van der Waals surface area contributed by atoms with Crippen LogP contribution in [-0.2, 0) is 47.9 Å². The van der Waals surface area contributed by atoms with Gasteiger partial charge in [-0.1, -0.05) is 7.43 Å². The van der Waals surface area contributed by atoms with Crippen LogP contribution in [0.3, 0.4) is 0 Å². The van der Waals surface area contributed by atoms with Gasteiger partial charge in [0.1, 0.15) is 17.5 Å². The second-order valence-electron chi connectivity index (χ2n) is 26.3. The molecular formula is C67H94F3N9O9. The van der Waals surface area contributed by atoms with Crippen LogP contribution in [0, 0.1) is 38.2 Å². The summed E-state index contributed by atoms with van der Waals surface area (Å²) in [6.45, 7) is 28.1. The van der Waals surface area contributed by atoms with Crippen LogP contribution in [0.2, 0.25) is 0 Å². The van der Waals surface area contributed by atoms with Crippen LogP contribution in [0.5, 0.6) is 0 Å². The highest BCUT2D eigenvalue weighted by Crippen LogP contribution is 2.42. The van der Waals surface area contributed by atoms with Crippen LogP contribution in [0.4, 0.5) is 44.6 Å². The van der Waals surface area contributed by atoms with Gasteiger partial charge in [-0.25, -0.2) is 27.6 Å². The first-order valence-electron chi connectivity index (χ1n) is 31.8. The van der Waals surface area contributed by atoms with E-state index in [4.69, 9.17) is 14.2 Å². The molecular weight excluding hydrogens is 1130 g/mol. The molecule has 21 heteroatoms. The van der Waals surface area contributed by atoms with E-state index in [1.807, 2.05) is 53.7 Å². The molecule has 0 N–H and O–H groups in total. The molecule has 9 heterocycles. The van der Waals surface area contributed by atoms with Crippen molar-refractivity contribution in [2.24, 2.45) is 0 Å². The highest BCUT2D eigenvalue weighted by atomic mass is 19.1. The first kappa shape index (κ1) is 66.0. The minimum absolute atomic E-state index is 0. The van der Waals surface area contributed by atoms with Crippen LogP contribution >= 0.6 is 0 Å². The molecule has 3 aromatic rings. The van der Waals surface area contributed by atoms with E-state index in [-0.39, 0.29) is 95.6 Å². The Labute approximate surface area is 518 Å². The van der Waals surface area contributed by atoms with Crippen molar-refractivity contribution >= 4 is 53.1 Å². The van der Waals surface area contributed by atoms with E-state index in [2.05, 4.69) is 35.5 Å². The van der Waals surface area contributed by atoms with E-state index in [0.717, 1.165) is 150 Å². The van der Waals surface area contributed by atoms with Crippen molar-refractivity contribution < 1.29 is 56.1 Å². The number of benzene rings is 3. The van der Waals surface area contributed by atoms with Gasteiger partial charge in [0.05, 0.1) is 39.1 Å². The molecule has 9 aliphatic heterocycles. The molecule has 6 saturated heterocycles. The van der Waals surface area contributed by atoms with Gasteiger partial charge in [-0.2, -0.15) is 0 Å². The third kappa shape index (κ3) is 13.4. The number of rotatable bonds is 9. The fourth-order valence-electron chi connectivity index (χ4n) is 15.3. The van der Waals surface area contributed by atoms with Crippen molar-refractivity contribution in [3.8, 4) is 0 Å². The molecule has 18 nitrogen and oxygen atoms in total. The molecule has 0 saturated carbocycles. The third-order valence-electron chi connectivity index (χ3n) is 20.4. The summed E-state index contributed by atoms with van der Waals surface area (Å²) in [5.41, 5.74) is 6.64. The highest BCUT2D eigenvalue weighted by molar-refractivity contribution is 6.03. The Kier molecular flexibility index (Phi) is 20.2. The molecule has 0 aliphatic carbocycles. The second kappa shape index (κ2) is 26.9. The van der Waals surface area contributed by atoms with Crippen LogP contribution in [0.25, 0.3) is 0 Å². The standard InChI is InChI=1S/3C22H30FN3O3.CH4/c3*1-4-29-21(28)24-10-7-22(3,14-24)25-8-5-17(6-9-25)26-19-11-15(2)18(23)12-16(19)13-20(26)27;/h3*11-12,17H,4-10,13-14H2,1-3H3;1H4. The van der Waals surface area contributed by atoms with Gasteiger partial charge in [0, 0.05) is 130 Å². The van der Waals surface area contributed by atoms with Crippen LogP contribution in [0.1, 0.15) is 140 Å². The number of amides is 6. The Morgan fingerprint density at radius 1 is 0.432 bits per heavy atom. The highest BCUT2D eigenvalue weighted by Gasteiger charge is 2.48. The van der Waals surface area contributed by atoms with Gasteiger partial charge >= 0.3 is 18.3 Å². The van der Waals surface area contributed by atoms with Crippen molar-refractivity contribution in [1.82, 2.24) is 29.4 Å². The van der Waals surface area contributed by atoms with E-state index in [1.165, 1.54) is 18.2 Å². The molecule has 0 aromatic heterocycles. The molecule has 0 spiro atoms. The number of fused-ring (bicyclic) bond motifs is 3. The maximum Gasteiger partial charge on any atom is 0.409 e. The molecule has 0 bridgehead atoms. The van der Waals surface area contributed by atoms with Crippen LogP contribution in [-0.4, -0.2) is 199 Å². The van der Waals surface area contributed by atoms with Crippen molar-refractivity contribution in [2.45, 2.75) is 182 Å². The smallest absolute Gasteiger partial charge is 0.409 e. The molecule has 3 atom stereocenters. The normalized spacial score (nSPS) is 25.3. The maximum absolute atomic E-state index is 13.9. The molecule has 6 fully saturated rings. The van der Waals surface area contributed by atoms with Gasteiger partial charge in [-0.05, 0) is 190 Å². The molecule has 6 amide bonds. The van der Waals surface area contributed by atoms with E-state index in [1.54, 1.807) is 35.5 Å². The molecule has 88 heavy (non-hydrogen) atoms. The lowest BCUT2D eigenvalue weighted by Gasteiger charge is -2.44. The minimum Gasteiger partial charge on any atom is -0.450 e. The van der Waals surface area contributed by atoms with Gasteiger partial charge in [0.2, 0.25) is 17.7 Å². The quantitative estimate of drug-likeness (QED) is 0.187. The number of hydrogen-bond acceptors (Lipinski definition) is 12. The van der Waals surface area contributed by atoms with Gasteiger partial charge in [0.15, 0.2) is 0 Å². The zero-order chi connectivity index (χ0) is 62.3. The van der Waals surface area contributed by atoms with E-state index in [0.29, 0.717) is 75.4 Å². The second-order valence-corrected chi connectivity index (χ2v) is 26.3. The summed E-state index contributed by atoms with van der Waals surface area (Å²) in [5.74, 6) is -0.507. The molecule has 3 unspecified atom stereocenters. The zero-order valence-electron chi connectivity index (χ0n) is 52.6. The zero-order valence-corrected chi connectivity index (χ0v) is 52.6. The number of nitrogens with zero attached hydrogens (tertiary/aromatic N) is 9. The van der Waals surface area contributed by atoms with E-state index >= 15 is 0 Å².